The molecular formula is C21H18ClF3N4O. The van der Waals surface area contributed by atoms with Gasteiger partial charge < -0.3 is 4.42 Å². The Balaban J connectivity index is 1.58. The van der Waals surface area contributed by atoms with E-state index in [-0.39, 0.29) is 0 Å². The first-order chi connectivity index (χ1) is 14.3. The van der Waals surface area contributed by atoms with Crippen LogP contribution in [0.15, 0.2) is 40.8 Å². The minimum Gasteiger partial charge on any atom is -0.453 e. The fourth-order valence-electron chi connectivity index (χ4n) is 3.48. The standard InChI is InChI=1S/C21H18ClF3N4O/c1-2-3-13-6-4-12(8-16(13)21(23,24)25)5-7-14-10-18-15(9-17(14)22)11-19(30-18)20-26-28-29-27-20/h4,6,8-11H,2-3,5,7H2,1H3,(H,26,27,28,29). The quantitative estimate of drug-likeness (QED) is 0.402. The van der Waals surface area contributed by atoms with Gasteiger partial charge >= 0.3 is 6.18 Å². The molecule has 2 aromatic heterocycles. The van der Waals surface area contributed by atoms with Gasteiger partial charge in [0.15, 0.2) is 5.76 Å². The molecule has 0 bridgehead atoms. The van der Waals surface area contributed by atoms with Crippen molar-refractivity contribution < 1.29 is 17.6 Å². The molecule has 5 nitrogen and oxygen atoms in total. The summed E-state index contributed by atoms with van der Waals surface area (Å²) in [5.41, 5.74) is 1.79. The highest BCUT2D eigenvalue weighted by molar-refractivity contribution is 6.32. The molecule has 2 heterocycles. The van der Waals surface area contributed by atoms with Crippen molar-refractivity contribution in [3.63, 3.8) is 0 Å². The molecule has 0 aliphatic heterocycles. The molecule has 156 valence electrons. The molecule has 0 saturated heterocycles. The molecule has 1 N–H and O–H groups in total. The third-order valence-corrected chi connectivity index (χ3v) is 5.28. The van der Waals surface area contributed by atoms with Gasteiger partial charge in [-0.1, -0.05) is 37.1 Å². The number of alkyl halides is 3. The average molecular weight is 435 g/mol. The van der Waals surface area contributed by atoms with E-state index >= 15 is 0 Å². The van der Waals surface area contributed by atoms with E-state index in [2.05, 4.69) is 20.6 Å². The number of hydrogen-bond acceptors (Lipinski definition) is 4. The van der Waals surface area contributed by atoms with Gasteiger partial charge in [0.1, 0.15) is 5.58 Å². The van der Waals surface area contributed by atoms with Gasteiger partial charge in [-0.05, 0) is 65.4 Å². The topological polar surface area (TPSA) is 67.6 Å². The Bertz CT molecular complexity index is 1170. The predicted octanol–water partition coefficient (Wildman–Crippen LogP) is 6.02. The van der Waals surface area contributed by atoms with Crippen molar-refractivity contribution in [1.82, 2.24) is 20.6 Å². The van der Waals surface area contributed by atoms with Gasteiger partial charge in [-0.2, -0.15) is 18.4 Å². The first-order valence-electron chi connectivity index (χ1n) is 9.50. The Kier molecular flexibility index (Phi) is 5.51. The van der Waals surface area contributed by atoms with E-state index in [9.17, 15) is 13.2 Å². The minimum atomic E-state index is -4.36. The highest BCUT2D eigenvalue weighted by Crippen LogP contribution is 2.34. The van der Waals surface area contributed by atoms with Crippen molar-refractivity contribution >= 4 is 22.6 Å². The first-order valence-corrected chi connectivity index (χ1v) is 9.87. The fourth-order valence-corrected chi connectivity index (χ4v) is 3.75. The van der Waals surface area contributed by atoms with Crippen LogP contribution in [-0.2, 0) is 25.4 Å². The number of aromatic amines is 1. The zero-order valence-electron chi connectivity index (χ0n) is 16.1. The predicted molar refractivity (Wildman–Crippen MR) is 107 cm³/mol. The number of hydrogen-bond donors (Lipinski definition) is 1. The van der Waals surface area contributed by atoms with E-state index in [1.807, 2.05) is 6.92 Å². The Morgan fingerprint density at radius 3 is 2.57 bits per heavy atom. The van der Waals surface area contributed by atoms with Crippen molar-refractivity contribution in [1.29, 1.82) is 0 Å². The van der Waals surface area contributed by atoms with E-state index in [1.165, 1.54) is 6.07 Å². The number of aryl methyl sites for hydroxylation is 3. The number of furan rings is 1. The van der Waals surface area contributed by atoms with Crippen LogP contribution in [0.3, 0.4) is 0 Å². The van der Waals surface area contributed by atoms with Crippen molar-refractivity contribution in [2.45, 2.75) is 38.8 Å². The van der Waals surface area contributed by atoms with Crippen LogP contribution in [-0.4, -0.2) is 20.6 Å². The number of halogens is 4. The van der Waals surface area contributed by atoms with E-state index in [1.54, 1.807) is 30.3 Å². The molecule has 0 fully saturated rings. The number of nitrogens with one attached hydrogen (secondary N) is 1. The van der Waals surface area contributed by atoms with Crippen LogP contribution in [0.25, 0.3) is 22.6 Å². The maximum absolute atomic E-state index is 13.4. The second-order valence-electron chi connectivity index (χ2n) is 7.07. The second-order valence-corrected chi connectivity index (χ2v) is 7.47. The molecule has 0 spiro atoms. The lowest BCUT2D eigenvalue weighted by Gasteiger charge is -2.14. The maximum atomic E-state index is 13.4. The zero-order chi connectivity index (χ0) is 21.3. The van der Waals surface area contributed by atoms with Gasteiger partial charge in [0.2, 0.25) is 5.82 Å². The second kappa shape index (κ2) is 8.10. The monoisotopic (exact) mass is 434 g/mol. The first kappa shape index (κ1) is 20.4. The summed E-state index contributed by atoms with van der Waals surface area (Å²) >= 11 is 6.40. The van der Waals surface area contributed by atoms with Crippen LogP contribution < -0.4 is 0 Å². The molecule has 4 rings (SSSR count). The lowest BCUT2D eigenvalue weighted by atomic mass is 9.96. The Hall–Kier alpha value is -2.87. The van der Waals surface area contributed by atoms with Crippen molar-refractivity contribution in [2.24, 2.45) is 0 Å². The van der Waals surface area contributed by atoms with Crippen LogP contribution in [0, 0.1) is 0 Å². The van der Waals surface area contributed by atoms with Gasteiger partial charge in [0, 0.05) is 10.4 Å². The molecule has 0 radical (unpaired) electrons. The van der Waals surface area contributed by atoms with Gasteiger partial charge in [0.05, 0.1) is 5.56 Å². The highest BCUT2D eigenvalue weighted by atomic mass is 35.5. The summed E-state index contributed by atoms with van der Waals surface area (Å²) in [7, 11) is 0. The van der Waals surface area contributed by atoms with Crippen LogP contribution >= 0.6 is 11.6 Å². The summed E-state index contributed by atoms with van der Waals surface area (Å²) < 4.78 is 46.0. The lowest BCUT2D eigenvalue weighted by Crippen LogP contribution is -2.10. The third kappa shape index (κ3) is 4.18. The number of benzene rings is 2. The number of H-pyrrole nitrogens is 1. The highest BCUT2D eigenvalue weighted by Gasteiger charge is 2.33. The van der Waals surface area contributed by atoms with Crippen LogP contribution in [0.1, 0.15) is 35.6 Å². The van der Waals surface area contributed by atoms with Gasteiger partial charge in [-0.25, -0.2) is 0 Å². The normalized spacial score (nSPS) is 12.0. The molecule has 30 heavy (non-hydrogen) atoms. The van der Waals surface area contributed by atoms with Gasteiger partial charge in [0.25, 0.3) is 0 Å². The number of tetrazole rings is 1. The number of rotatable bonds is 6. The molecule has 0 aliphatic carbocycles. The SMILES string of the molecule is CCCc1ccc(CCc2cc3oc(-c4nn[nH]n4)cc3cc2Cl)cc1C(F)(F)F. The Labute approximate surface area is 175 Å². The fraction of sp³-hybridized carbons (Fsp3) is 0.286. The van der Waals surface area contributed by atoms with Crippen molar-refractivity contribution in [3.05, 3.63) is 63.7 Å². The molecule has 0 amide bonds. The summed E-state index contributed by atoms with van der Waals surface area (Å²) in [4.78, 5) is 0. The molecule has 0 saturated carbocycles. The van der Waals surface area contributed by atoms with Crippen molar-refractivity contribution in [3.8, 4) is 11.6 Å². The number of fused-ring (bicyclic) bond motifs is 1. The summed E-state index contributed by atoms with van der Waals surface area (Å²) in [6, 6.07) is 9.92. The van der Waals surface area contributed by atoms with E-state index in [4.69, 9.17) is 16.0 Å². The molecule has 0 atom stereocenters. The minimum absolute atomic E-state index is 0.329. The maximum Gasteiger partial charge on any atom is 0.416 e. The number of nitrogens with zero attached hydrogens (tertiary/aromatic N) is 3. The molecule has 4 aromatic rings. The average Bonchev–Trinajstić information content (AvgIpc) is 3.35. The Morgan fingerprint density at radius 1 is 1.03 bits per heavy atom. The van der Waals surface area contributed by atoms with Crippen molar-refractivity contribution in [2.75, 3.05) is 0 Å². The van der Waals surface area contributed by atoms with Crippen LogP contribution in [0.2, 0.25) is 5.02 Å². The smallest absolute Gasteiger partial charge is 0.416 e. The van der Waals surface area contributed by atoms with E-state index in [0.29, 0.717) is 59.0 Å². The Morgan fingerprint density at radius 2 is 1.87 bits per heavy atom. The van der Waals surface area contributed by atoms with Gasteiger partial charge in [-0.15, -0.1) is 10.2 Å². The molecule has 2 aromatic carbocycles. The molecule has 9 heteroatoms. The molecular weight excluding hydrogens is 417 g/mol. The van der Waals surface area contributed by atoms with E-state index < -0.39 is 11.7 Å². The van der Waals surface area contributed by atoms with Crippen LogP contribution in [0.5, 0.6) is 0 Å². The molecule has 0 aliphatic rings. The largest absolute Gasteiger partial charge is 0.453 e. The summed E-state index contributed by atoms with van der Waals surface area (Å²) in [6.07, 6.45) is -2.39. The number of aromatic nitrogens is 4. The summed E-state index contributed by atoms with van der Waals surface area (Å²) in [5, 5.41) is 15.0. The van der Waals surface area contributed by atoms with E-state index in [0.717, 1.165) is 10.9 Å². The molecule has 0 unspecified atom stereocenters. The van der Waals surface area contributed by atoms with Gasteiger partial charge in [-0.3, -0.25) is 0 Å². The third-order valence-electron chi connectivity index (χ3n) is 4.93. The summed E-state index contributed by atoms with van der Waals surface area (Å²) in [6.45, 7) is 1.87. The summed E-state index contributed by atoms with van der Waals surface area (Å²) in [5.74, 6) is 0.782. The lowest BCUT2D eigenvalue weighted by molar-refractivity contribution is -0.138. The zero-order valence-corrected chi connectivity index (χ0v) is 16.8. The van der Waals surface area contributed by atoms with Crippen LogP contribution in [0.4, 0.5) is 13.2 Å².